The fourth-order valence-electron chi connectivity index (χ4n) is 1.90. The first-order valence-electron chi connectivity index (χ1n) is 7.10. The third-order valence-electron chi connectivity index (χ3n) is 2.98. The molecule has 0 aliphatic carbocycles. The Morgan fingerprint density at radius 1 is 1.05 bits per heavy atom. The molecular formula is C14H27N3O3. The van der Waals surface area contributed by atoms with Crippen molar-refractivity contribution in [1.82, 2.24) is 15.5 Å². The summed E-state index contributed by atoms with van der Waals surface area (Å²) in [6, 6.07) is -0.467. The van der Waals surface area contributed by atoms with Gasteiger partial charge in [-0.1, -0.05) is 20.8 Å². The first-order valence-corrected chi connectivity index (χ1v) is 7.10. The van der Waals surface area contributed by atoms with Gasteiger partial charge >= 0.3 is 0 Å². The quantitative estimate of drug-likeness (QED) is 0.633. The molecular weight excluding hydrogens is 258 g/mol. The van der Waals surface area contributed by atoms with E-state index in [1.165, 1.54) is 6.92 Å². The molecule has 0 fully saturated rings. The van der Waals surface area contributed by atoms with E-state index in [2.05, 4.69) is 10.6 Å². The minimum atomic E-state index is -0.467. The van der Waals surface area contributed by atoms with Crippen LogP contribution >= 0.6 is 0 Å². The van der Waals surface area contributed by atoms with Crippen molar-refractivity contribution in [1.29, 1.82) is 0 Å². The lowest BCUT2D eigenvalue weighted by Gasteiger charge is -2.23. The Morgan fingerprint density at radius 2 is 1.60 bits per heavy atom. The number of hydrogen-bond donors (Lipinski definition) is 2. The standard InChI is InChI=1S/C14H27N3O3/c1-6-15-12(19)8-17(7-2)9-13(20)16-14(10(3)4)11(5)18/h10,14H,6-9H2,1-5H3,(H,15,19)(H,16,20). The Hall–Kier alpha value is -1.43. The highest BCUT2D eigenvalue weighted by Gasteiger charge is 2.21. The molecule has 0 rings (SSSR count). The van der Waals surface area contributed by atoms with Crippen LogP contribution in [0.25, 0.3) is 0 Å². The number of amides is 2. The maximum Gasteiger partial charge on any atom is 0.234 e. The highest BCUT2D eigenvalue weighted by atomic mass is 16.2. The number of likely N-dealkylation sites (N-methyl/N-ethyl adjacent to an activating group) is 2. The van der Waals surface area contributed by atoms with E-state index in [0.29, 0.717) is 13.1 Å². The zero-order valence-corrected chi connectivity index (χ0v) is 13.2. The van der Waals surface area contributed by atoms with Crippen LogP contribution in [0.5, 0.6) is 0 Å². The van der Waals surface area contributed by atoms with Gasteiger partial charge in [0.2, 0.25) is 11.8 Å². The van der Waals surface area contributed by atoms with E-state index in [9.17, 15) is 14.4 Å². The lowest BCUT2D eigenvalue weighted by Crippen LogP contribution is -2.48. The van der Waals surface area contributed by atoms with Gasteiger partial charge in [0.25, 0.3) is 0 Å². The molecule has 2 amide bonds. The largest absolute Gasteiger partial charge is 0.355 e. The number of Topliss-reactive ketones (excluding diaryl/α,β-unsaturated/α-hetero) is 1. The van der Waals surface area contributed by atoms with Crippen molar-refractivity contribution in [3.8, 4) is 0 Å². The monoisotopic (exact) mass is 285 g/mol. The van der Waals surface area contributed by atoms with Gasteiger partial charge in [0.1, 0.15) is 0 Å². The van der Waals surface area contributed by atoms with E-state index >= 15 is 0 Å². The SMILES string of the molecule is CCNC(=O)CN(CC)CC(=O)NC(C(C)=O)C(C)C. The molecule has 20 heavy (non-hydrogen) atoms. The van der Waals surface area contributed by atoms with Crippen molar-refractivity contribution in [3.05, 3.63) is 0 Å². The van der Waals surface area contributed by atoms with Crippen molar-refractivity contribution in [2.24, 2.45) is 5.92 Å². The zero-order chi connectivity index (χ0) is 15.7. The maximum absolute atomic E-state index is 11.9. The molecule has 0 saturated carbocycles. The van der Waals surface area contributed by atoms with Gasteiger partial charge in [0.15, 0.2) is 5.78 Å². The molecule has 1 unspecified atom stereocenters. The highest BCUT2D eigenvalue weighted by molar-refractivity contribution is 5.88. The first kappa shape index (κ1) is 18.6. The van der Waals surface area contributed by atoms with Crippen molar-refractivity contribution in [2.75, 3.05) is 26.2 Å². The number of carbonyl (C=O) groups is 3. The average Bonchev–Trinajstić information content (AvgIpc) is 2.34. The number of nitrogens with one attached hydrogen (secondary N) is 2. The summed E-state index contributed by atoms with van der Waals surface area (Å²) in [5, 5.41) is 5.42. The van der Waals surface area contributed by atoms with Crippen LogP contribution in [0.15, 0.2) is 0 Å². The third kappa shape index (κ3) is 7.23. The van der Waals surface area contributed by atoms with Crippen molar-refractivity contribution >= 4 is 17.6 Å². The van der Waals surface area contributed by atoms with Crippen LogP contribution in [0, 0.1) is 5.92 Å². The van der Waals surface area contributed by atoms with Gasteiger partial charge in [-0.05, 0) is 26.3 Å². The molecule has 116 valence electrons. The van der Waals surface area contributed by atoms with Crippen LogP contribution in [-0.2, 0) is 14.4 Å². The van der Waals surface area contributed by atoms with Crippen LogP contribution in [0.1, 0.15) is 34.6 Å². The van der Waals surface area contributed by atoms with Gasteiger partial charge in [-0.3, -0.25) is 19.3 Å². The molecule has 0 bridgehead atoms. The predicted molar refractivity (Wildman–Crippen MR) is 78.2 cm³/mol. The normalized spacial score (nSPS) is 12.3. The Morgan fingerprint density at radius 3 is 2.00 bits per heavy atom. The fraction of sp³-hybridized carbons (Fsp3) is 0.786. The van der Waals surface area contributed by atoms with Gasteiger partial charge < -0.3 is 10.6 Å². The summed E-state index contributed by atoms with van der Waals surface area (Å²) in [5.41, 5.74) is 0. The van der Waals surface area contributed by atoms with Crippen molar-refractivity contribution in [3.63, 3.8) is 0 Å². The molecule has 2 N–H and O–H groups in total. The second-order valence-corrected chi connectivity index (χ2v) is 5.16. The Bertz CT molecular complexity index is 343. The molecule has 0 aliphatic heterocycles. The summed E-state index contributed by atoms with van der Waals surface area (Å²) in [4.78, 5) is 36.6. The minimum absolute atomic E-state index is 0.0508. The number of hydrogen-bond acceptors (Lipinski definition) is 4. The Kier molecular flexibility index (Phi) is 8.79. The maximum atomic E-state index is 11.9. The smallest absolute Gasteiger partial charge is 0.234 e. The first-order chi connectivity index (χ1) is 9.31. The summed E-state index contributed by atoms with van der Waals surface area (Å²) in [7, 11) is 0. The van der Waals surface area contributed by atoms with Gasteiger partial charge in [-0.2, -0.15) is 0 Å². The molecule has 0 saturated heterocycles. The summed E-state index contributed by atoms with van der Waals surface area (Å²) >= 11 is 0. The van der Waals surface area contributed by atoms with Gasteiger partial charge in [-0.25, -0.2) is 0 Å². The topological polar surface area (TPSA) is 78.5 Å². The molecule has 0 aromatic heterocycles. The van der Waals surface area contributed by atoms with Crippen LogP contribution in [0.3, 0.4) is 0 Å². The fourth-order valence-corrected chi connectivity index (χ4v) is 1.90. The predicted octanol–water partition coefficient (Wildman–Crippen LogP) is 0.174. The van der Waals surface area contributed by atoms with E-state index in [0.717, 1.165) is 0 Å². The molecule has 0 spiro atoms. The van der Waals surface area contributed by atoms with Crippen LogP contribution < -0.4 is 10.6 Å². The van der Waals surface area contributed by atoms with E-state index in [4.69, 9.17) is 0 Å². The lowest BCUT2D eigenvalue weighted by atomic mass is 10.0. The van der Waals surface area contributed by atoms with Crippen LogP contribution in [-0.4, -0.2) is 54.7 Å². The van der Waals surface area contributed by atoms with E-state index < -0.39 is 6.04 Å². The molecule has 0 aromatic rings. The second kappa shape index (κ2) is 9.47. The van der Waals surface area contributed by atoms with Crippen LogP contribution in [0.2, 0.25) is 0 Å². The summed E-state index contributed by atoms with van der Waals surface area (Å²) in [6.07, 6.45) is 0. The number of rotatable bonds is 9. The number of nitrogens with zero attached hydrogens (tertiary/aromatic N) is 1. The summed E-state index contributed by atoms with van der Waals surface area (Å²) < 4.78 is 0. The number of carbonyl (C=O) groups excluding carboxylic acids is 3. The van der Waals surface area contributed by atoms with E-state index in [1.54, 1.807) is 4.90 Å². The van der Waals surface area contributed by atoms with Gasteiger partial charge in [0, 0.05) is 6.54 Å². The molecule has 1 atom stereocenters. The zero-order valence-electron chi connectivity index (χ0n) is 13.2. The molecule has 0 radical (unpaired) electrons. The third-order valence-corrected chi connectivity index (χ3v) is 2.98. The highest BCUT2D eigenvalue weighted by Crippen LogP contribution is 2.02. The molecule has 0 heterocycles. The van der Waals surface area contributed by atoms with Gasteiger partial charge in [0.05, 0.1) is 19.1 Å². The van der Waals surface area contributed by atoms with Gasteiger partial charge in [-0.15, -0.1) is 0 Å². The minimum Gasteiger partial charge on any atom is -0.355 e. The average molecular weight is 285 g/mol. The molecule has 6 nitrogen and oxygen atoms in total. The molecule has 0 aliphatic rings. The summed E-state index contributed by atoms with van der Waals surface area (Å²) in [6.45, 7) is 10.4. The van der Waals surface area contributed by atoms with Crippen molar-refractivity contribution < 1.29 is 14.4 Å². The van der Waals surface area contributed by atoms with Crippen LogP contribution in [0.4, 0.5) is 0 Å². The van der Waals surface area contributed by atoms with E-state index in [-0.39, 0.29) is 36.6 Å². The number of ketones is 1. The Labute approximate surface area is 121 Å². The second-order valence-electron chi connectivity index (χ2n) is 5.16. The van der Waals surface area contributed by atoms with Crippen molar-refractivity contribution in [2.45, 2.75) is 40.7 Å². The molecule has 6 heteroatoms. The summed E-state index contributed by atoms with van der Waals surface area (Å²) in [5.74, 6) is -0.339. The molecule has 0 aromatic carbocycles. The van der Waals surface area contributed by atoms with E-state index in [1.807, 2.05) is 27.7 Å². The Balaban J connectivity index is 4.40. The lowest BCUT2D eigenvalue weighted by molar-refractivity contribution is -0.129.